The number of nitrogens with zero attached hydrogens (tertiary/aromatic N) is 2. The van der Waals surface area contributed by atoms with E-state index in [1.807, 2.05) is 6.07 Å². The molecule has 1 rings (SSSR count). The fourth-order valence-corrected chi connectivity index (χ4v) is 0.912. The molecule has 0 saturated carbocycles. The quantitative estimate of drug-likeness (QED) is 0.729. The summed E-state index contributed by atoms with van der Waals surface area (Å²) in [5.74, 6) is 0.687. The zero-order valence-corrected chi connectivity index (χ0v) is 7.62. The van der Waals surface area contributed by atoms with Gasteiger partial charge in [-0.1, -0.05) is 13.8 Å². The second kappa shape index (κ2) is 4.83. The molecule has 0 aliphatic rings. The van der Waals surface area contributed by atoms with E-state index in [1.54, 1.807) is 12.5 Å². The number of aromatic nitrogens is 2. The lowest BCUT2D eigenvalue weighted by Crippen LogP contribution is -2.19. The lowest BCUT2D eigenvalue weighted by atomic mass is 10.2. The van der Waals surface area contributed by atoms with Crippen LogP contribution in [0.3, 0.4) is 0 Å². The van der Waals surface area contributed by atoms with E-state index in [4.69, 9.17) is 0 Å². The van der Waals surface area contributed by atoms with Crippen molar-refractivity contribution in [3.8, 4) is 0 Å². The van der Waals surface area contributed by atoms with Gasteiger partial charge in [-0.2, -0.15) is 0 Å². The molecule has 3 heteroatoms. The topological polar surface area (TPSA) is 37.8 Å². The summed E-state index contributed by atoms with van der Waals surface area (Å²) in [6.45, 7) is 6.24. The van der Waals surface area contributed by atoms with Gasteiger partial charge >= 0.3 is 0 Å². The lowest BCUT2D eigenvalue weighted by Gasteiger charge is -2.05. The molecule has 0 fully saturated rings. The standard InChI is InChI=1S/C9H15N3/c1-8(2)5-11-6-9-3-4-10-7-12-9/h3-4,7-8,11H,5-6H2,1-2H3. The summed E-state index contributed by atoms with van der Waals surface area (Å²) in [5.41, 5.74) is 1.05. The van der Waals surface area contributed by atoms with Crippen molar-refractivity contribution in [2.24, 2.45) is 5.92 Å². The third-order valence-corrected chi connectivity index (χ3v) is 1.50. The Morgan fingerprint density at radius 1 is 1.50 bits per heavy atom. The Kier molecular flexibility index (Phi) is 3.67. The third-order valence-electron chi connectivity index (χ3n) is 1.50. The Labute approximate surface area is 73.2 Å². The van der Waals surface area contributed by atoms with Crippen LogP contribution in [0.4, 0.5) is 0 Å². The molecule has 1 N–H and O–H groups in total. The van der Waals surface area contributed by atoms with E-state index in [-0.39, 0.29) is 0 Å². The molecule has 3 nitrogen and oxygen atoms in total. The van der Waals surface area contributed by atoms with E-state index in [1.165, 1.54) is 0 Å². The Morgan fingerprint density at radius 3 is 2.92 bits per heavy atom. The number of rotatable bonds is 4. The molecule has 0 saturated heterocycles. The highest BCUT2D eigenvalue weighted by Crippen LogP contribution is 1.92. The van der Waals surface area contributed by atoms with E-state index >= 15 is 0 Å². The van der Waals surface area contributed by atoms with Crippen molar-refractivity contribution >= 4 is 0 Å². The van der Waals surface area contributed by atoms with Gasteiger partial charge in [0.2, 0.25) is 0 Å². The molecule has 0 radical (unpaired) electrons. The van der Waals surface area contributed by atoms with Crippen LogP contribution in [-0.2, 0) is 6.54 Å². The molecular formula is C9H15N3. The molecule has 0 aromatic carbocycles. The van der Waals surface area contributed by atoms with E-state index in [2.05, 4.69) is 29.1 Å². The molecule has 0 bridgehead atoms. The van der Waals surface area contributed by atoms with Gasteiger partial charge in [-0.05, 0) is 18.5 Å². The van der Waals surface area contributed by atoms with Gasteiger partial charge in [0.1, 0.15) is 6.33 Å². The number of hydrogen-bond donors (Lipinski definition) is 1. The SMILES string of the molecule is CC(C)CNCc1ccncn1. The zero-order valence-electron chi connectivity index (χ0n) is 7.62. The molecule has 0 spiro atoms. The van der Waals surface area contributed by atoms with Gasteiger partial charge < -0.3 is 5.32 Å². The molecule has 1 heterocycles. The fraction of sp³-hybridized carbons (Fsp3) is 0.556. The van der Waals surface area contributed by atoms with Gasteiger partial charge in [0.15, 0.2) is 0 Å². The molecule has 12 heavy (non-hydrogen) atoms. The molecule has 1 aromatic rings. The summed E-state index contributed by atoms with van der Waals surface area (Å²) < 4.78 is 0. The largest absolute Gasteiger partial charge is 0.311 e. The van der Waals surface area contributed by atoms with Crippen molar-refractivity contribution in [2.75, 3.05) is 6.54 Å². The van der Waals surface area contributed by atoms with Crippen LogP contribution in [0.1, 0.15) is 19.5 Å². The van der Waals surface area contributed by atoms with Crippen molar-refractivity contribution in [3.63, 3.8) is 0 Å². The summed E-state index contributed by atoms with van der Waals surface area (Å²) in [4.78, 5) is 7.95. The van der Waals surface area contributed by atoms with Gasteiger partial charge in [-0.15, -0.1) is 0 Å². The molecule has 66 valence electrons. The van der Waals surface area contributed by atoms with Crippen LogP contribution in [-0.4, -0.2) is 16.5 Å². The zero-order chi connectivity index (χ0) is 8.81. The van der Waals surface area contributed by atoms with Crippen molar-refractivity contribution < 1.29 is 0 Å². The maximum absolute atomic E-state index is 4.10. The van der Waals surface area contributed by atoms with Crippen LogP contribution < -0.4 is 5.32 Å². The van der Waals surface area contributed by atoms with Crippen molar-refractivity contribution in [1.82, 2.24) is 15.3 Å². The first kappa shape index (κ1) is 9.13. The number of nitrogens with one attached hydrogen (secondary N) is 1. The predicted octanol–water partition coefficient (Wildman–Crippen LogP) is 1.22. The van der Waals surface area contributed by atoms with Crippen molar-refractivity contribution in [3.05, 3.63) is 24.3 Å². The Hall–Kier alpha value is -0.960. The maximum Gasteiger partial charge on any atom is 0.115 e. The monoisotopic (exact) mass is 165 g/mol. The third kappa shape index (κ3) is 3.44. The fourth-order valence-electron chi connectivity index (χ4n) is 0.912. The first-order valence-electron chi connectivity index (χ1n) is 4.24. The Balaban J connectivity index is 2.25. The van der Waals surface area contributed by atoms with Crippen molar-refractivity contribution in [2.45, 2.75) is 20.4 Å². The van der Waals surface area contributed by atoms with E-state index in [0.717, 1.165) is 18.8 Å². The lowest BCUT2D eigenvalue weighted by molar-refractivity contribution is 0.548. The van der Waals surface area contributed by atoms with Crippen LogP contribution in [0, 0.1) is 5.92 Å². The van der Waals surface area contributed by atoms with Crippen LogP contribution in [0.25, 0.3) is 0 Å². The molecular weight excluding hydrogens is 150 g/mol. The van der Waals surface area contributed by atoms with Gasteiger partial charge in [0, 0.05) is 12.7 Å². The van der Waals surface area contributed by atoms with E-state index in [9.17, 15) is 0 Å². The first-order valence-corrected chi connectivity index (χ1v) is 4.24. The minimum atomic E-state index is 0.687. The van der Waals surface area contributed by atoms with Gasteiger partial charge in [-0.3, -0.25) is 0 Å². The second-order valence-electron chi connectivity index (χ2n) is 3.23. The predicted molar refractivity (Wildman–Crippen MR) is 48.6 cm³/mol. The summed E-state index contributed by atoms with van der Waals surface area (Å²) >= 11 is 0. The maximum atomic E-state index is 4.10. The van der Waals surface area contributed by atoms with Gasteiger partial charge in [0.25, 0.3) is 0 Å². The van der Waals surface area contributed by atoms with Gasteiger partial charge in [-0.25, -0.2) is 9.97 Å². The summed E-state index contributed by atoms with van der Waals surface area (Å²) in [6.07, 6.45) is 3.34. The van der Waals surface area contributed by atoms with Crippen LogP contribution in [0.15, 0.2) is 18.6 Å². The molecule has 1 aromatic heterocycles. The van der Waals surface area contributed by atoms with E-state index in [0.29, 0.717) is 5.92 Å². The number of hydrogen-bond acceptors (Lipinski definition) is 3. The molecule has 0 aliphatic heterocycles. The van der Waals surface area contributed by atoms with Crippen molar-refractivity contribution in [1.29, 1.82) is 0 Å². The Bertz CT molecular complexity index is 208. The highest BCUT2D eigenvalue weighted by atomic mass is 14.9. The second-order valence-corrected chi connectivity index (χ2v) is 3.23. The summed E-state index contributed by atoms with van der Waals surface area (Å²) in [6, 6.07) is 1.92. The normalized spacial score (nSPS) is 10.6. The smallest absolute Gasteiger partial charge is 0.115 e. The molecule has 0 atom stereocenters. The first-order chi connectivity index (χ1) is 5.79. The summed E-state index contributed by atoms with van der Waals surface area (Å²) in [5, 5.41) is 3.31. The highest BCUT2D eigenvalue weighted by molar-refractivity contribution is 4.96. The van der Waals surface area contributed by atoms with Crippen LogP contribution >= 0.6 is 0 Å². The van der Waals surface area contributed by atoms with Crippen LogP contribution in [0.2, 0.25) is 0 Å². The molecule has 0 aliphatic carbocycles. The van der Waals surface area contributed by atoms with Crippen LogP contribution in [0.5, 0.6) is 0 Å². The van der Waals surface area contributed by atoms with Gasteiger partial charge in [0.05, 0.1) is 5.69 Å². The molecule has 0 amide bonds. The Morgan fingerprint density at radius 2 is 2.33 bits per heavy atom. The minimum absolute atomic E-state index is 0.687. The van der Waals surface area contributed by atoms with E-state index < -0.39 is 0 Å². The summed E-state index contributed by atoms with van der Waals surface area (Å²) in [7, 11) is 0. The minimum Gasteiger partial charge on any atom is -0.311 e. The highest BCUT2D eigenvalue weighted by Gasteiger charge is 1.94. The molecule has 0 unspecified atom stereocenters. The average Bonchev–Trinajstić information content (AvgIpc) is 2.05. The average molecular weight is 165 g/mol.